The Morgan fingerprint density at radius 3 is 2.31 bits per heavy atom. The van der Waals surface area contributed by atoms with Crippen LogP contribution in [0.2, 0.25) is 10.0 Å². The molecule has 0 spiro atoms. The molecular formula is C19H12Cl2F6N2O3. The normalized spacial score (nSPS) is 19.2. The molecular weight excluding hydrogens is 489 g/mol. The van der Waals surface area contributed by atoms with Crippen molar-refractivity contribution in [2.45, 2.75) is 24.4 Å². The monoisotopic (exact) mass is 500 g/mol. The molecule has 13 heteroatoms. The number of halogens is 8. The summed E-state index contributed by atoms with van der Waals surface area (Å²) < 4.78 is 84.6. The Morgan fingerprint density at radius 2 is 1.75 bits per heavy atom. The van der Waals surface area contributed by atoms with Gasteiger partial charge in [0, 0.05) is 33.2 Å². The smallest absolute Gasteiger partial charge is 0.435 e. The lowest BCUT2D eigenvalue weighted by molar-refractivity contribution is -0.275. The molecule has 1 unspecified atom stereocenters. The topological polar surface area (TPSA) is 63.4 Å². The molecule has 0 saturated heterocycles. The number of nitrogens with zero attached hydrogens (tertiary/aromatic N) is 2. The van der Waals surface area contributed by atoms with E-state index in [1.807, 2.05) is 0 Å². The van der Waals surface area contributed by atoms with Gasteiger partial charge in [0.1, 0.15) is 5.75 Å². The molecule has 0 radical (unpaired) electrons. The fraction of sp³-hybridized carbons (Fsp3) is 0.263. The Balaban J connectivity index is 1.99. The first-order chi connectivity index (χ1) is 14.8. The molecule has 3 rings (SSSR count). The van der Waals surface area contributed by atoms with Crippen molar-refractivity contribution in [1.29, 1.82) is 0 Å². The van der Waals surface area contributed by atoms with Gasteiger partial charge in [-0.25, -0.2) is 0 Å². The average molecular weight is 501 g/mol. The fourth-order valence-electron chi connectivity index (χ4n) is 3.01. The summed E-state index contributed by atoms with van der Waals surface area (Å²) in [6.45, 7) is -1.67. The number of ether oxygens (including phenoxy) is 1. The highest BCUT2D eigenvalue weighted by atomic mass is 35.5. The molecule has 0 bridgehead atoms. The lowest BCUT2D eigenvalue weighted by Crippen LogP contribution is -2.42. The van der Waals surface area contributed by atoms with Gasteiger partial charge in [-0.05, 0) is 30.3 Å². The van der Waals surface area contributed by atoms with Gasteiger partial charge in [0.05, 0.1) is 11.9 Å². The quantitative estimate of drug-likeness (QED) is 0.226. The third kappa shape index (κ3) is 5.04. The van der Waals surface area contributed by atoms with Crippen LogP contribution in [0, 0.1) is 0 Å². The average Bonchev–Trinajstić information content (AvgIpc) is 3.13. The minimum absolute atomic E-state index is 0.0107. The van der Waals surface area contributed by atoms with Crippen LogP contribution in [0.25, 0.3) is 0 Å². The Labute approximate surface area is 186 Å². The summed E-state index contributed by atoms with van der Waals surface area (Å²) in [5.74, 6) is -0.379. The first-order valence-corrected chi connectivity index (χ1v) is 9.40. The van der Waals surface area contributed by atoms with Crippen molar-refractivity contribution in [2.75, 3.05) is 6.61 Å². The number of hydrogen-bond donors (Lipinski definition) is 1. The number of alkyl halides is 6. The summed E-state index contributed by atoms with van der Waals surface area (Å²) in [4.78, 5) is 4.86. The molecule has 1 heterocycles. The van der Waals surface area contributed by atoms with E-state index in [4.69, 9.17) is 38.0 Å². The summed E-state index contributed by atoms with van der Waals surface area (Å²) >= 11 is 11.7. The van der Waals surface area contributed by atoms with Crippen LogP contribution in [0.4, 0.5) is 26.3 Å². The van der Waals surface area contributed by atoms with E-state index in [9.17, 15) is 26.3 Å². The first-order valence-electron chi connectivity index (χ1n) is 8.64. The van der Waals surface area contributed by atoms with Crippen LogP contribution in [0.1, 0.15) is 23.1 Å². The molecule has 1 atom stereocenters. The fourth-order valence-corrected chi connectivity index (χ4v) is 3.54. The standard InChI is InChI=1S/C19H12Cl2F6N2O3/c20-13-4-12(5-14(21)6-13)17(19(25,26)27)7-15(29-32-17)10-1-2-11(8-28-30)16(3-10)31-9-18(22,23)24/h1-6,8,30H,7,9H2/b28-8+. The van der Waals surface area contributed by atoms with Crippen LogP contribution in [0.3, 0.4) is 0 Å². The summed E-state index contributed by atoms with van der Waals surface area (Å²) in [5, 5.41) is 14.9. The van der Waals surface area contributed by atoms with Crippen LogP contribution in [0.5, 0.6) is 5.75 Å². The van der Waals surface area contributed by atoms with Gasteiger partial charge in [-0.15, -0.1) is 0 Å². The van der Waals surface area contributed by atoms with E-state index in [1.54, 1.807) is 0 Å². The van der Waals surface area contributed by atoms with Crippen molar-refractivity contribution in [3.8, 4) is 5.75 Å². The van der Waals surface area contributed by atoms with Crippen LogP contribution in [-0.4, -0.2) is 36.1 Å². The maximum Gasteiger partial charge on any atom is 0.435 e. The van der Waals surface area contributed by atoms with E-state index < -0.39 is 31.0 Å². The summed E-state index contributed by atoms with van der Waals surface area (Å²) in [5.41, 5.74) is -3.53. The van der Waals surface area contributed by atoms with Crippen LogP contribution >= 0.6 is 23.2 Å². The molecule has 2 aromatic carbocycles. The molecule has 32 heavy (non-hydrogen) atoms. The lowest BCUT2D eigenvalue weighted by Gasteiger charge is -2.29. The van der Waals surface area contributed by atoms with E-state index >= 15 is 0 Å². The van der Waals surface area contributed by atoms with Crippen LogP contribution < -0.4 is 4.74 Å². The van der Waals surface area contributed by atoms with Crippen molar-refractivity contribution in [1.82, 2.24) is 0 Å². The lowest BCUT2D eigenvalue weighted by atomic mass is 9.86. The summed E-state index contributed by atoms with van der Waals surface area (Å²) in [7, 11) is 0. The molecule has 1 N–H and O–H groups in total. The third-order valence-corrected chi connectivity index (χ3v) is 4.89. The van der Waals surface area contributed by atoms with E-state index in [-0.39, 0.29) is 38.2 Å². The molecule has 0 fully saturated rings. The van der Waals surface area contributed by atoms with Crippen molar-refractivity contribution >= 4 is 35.1 Å². The molecule has 0 aromatic heterocycles. The second-order valence-electron chi connectivity index (χ2n) is 6.69. The van der Waals surface area contributed by atoms with E-state index in [2.05, 4.69) is 10.3 Å². The number of rotatable bonds is 5. The van der Waals surface area contributed by atoms with Crippen LogP contribution in [0.15, 0.2) is 46.7 Å². The van der Waals surface area contributed by atoms with E-state index in [0.29, 0.717) is 0 Å². The van der Waals surface area contributed by atoms with E-state index in [0.717, 1.165) is 24.4 Å². The zero-order chi connectivity index (χ0) is 23.7. The van der Waals surface area contributed by atoms with Crippen molar-refractivity contribution in [3.63, 3.8) is 0 Å². The van der Waals surface area contributed by atoms with Crippen molar-refractivity contribution in [2.24, 2.45) is 10.3 Å². The number of hydrogen-bond acceptors (Lipinski definition) is 5. The maximum absolute atomic E-state index is 14.1. The number of oxime groups is 2. The minimum atomic E-state index is -4.94. The predicted octanol–water partition coefficient (Wildman–Crippen LogP) is 6.32. The second-order valence-corrected chi connectivity index (χ2v) is 7.56. The SMILES string of the molecule is O/N=C/c1ccc(C2=NOC(c3cc(Cl)cc(Cl)c3)(C(F)(F)F)C2)cc1OCC(F)(F)F. The van der Waals surface area contributed by atoms with Gasteiger partial charge in [-0.3, -0.25) is 0 Å². The highest BCUT2D eigenvalue weighted by Crippen LogP contribution is 2.49. The highest BCUT2D eigenvalue weighted by Gasteiger charge is 2.62. The molecule has 0 aliphatic carbocycles. The minimum Gasteiger partial charge on any atom is -0.483 e. The van der Waals surface area contributed by atoms with Crippen LogP contribution in [-0.2, 0) is 10.4 Å². The van der Waals surface area contributed by atoms with Gasteiger partial charge in [-0.2, -0.15) is 26.3 Å². The Morgan fingerprint density at radius 1 is 1.09 bits per heavy atom. The maximum atomic E-state index is 14.1. The van der Waals surface area contributed by atoms with Gasteiger partial charge in [0.15, 0.2) is 6.61 Å². The molecule has 1 aliphatic rings. The predicted molar refractivity (Wildman–Crippen MR) is 104 cm³/mol. The van der Waals surface area contributed by atoms with Gasteiger partial charge in [-0.1, -0.05) is 39.6 Å². The molecule has 1 aliphatic heterocycles. The molecule has 172 valence electrons. The van der Waals surface area contributed by atoms with Crippen molar-refractivity contribution in [3.05, 3.63) is 63.1 Å². The third-order valence-electron chi connectivity index (χ3n) is 4.45. The second kappa shape index (κ2) is 8.70. The Hall–Kier alpha value is -2.66. The first kappa shape index (κ1) is 24.0. The zero-order valence-electron chi connectivity index (χ0n) is 15.6. The van der Waals surface area contributed by atoms with Gasteiger partial charge >= 0.3 is 12.4 Å². The van der Waals surface area contributed by atoms with Gasteiger partial charge in [0.2, 0.25) is 0 Å². The van der Waals surface area contributed by atoms with Crippen molar-refractivity contribution < 1.29 is 41.1 Å². The molecule has 2 aromatic rings. The Bertz CT molecular complexity index is 1050. The summed E-state index contributed by atoms with van der Waals surface area (Å²) in [6.07, 6.45) is -9.60. The molecule has 0 amide bonds. The largest absolute Gasteiger partial charge is 0.483 e. The van der Waals surface area contributed by atoms with Gasteiger partial charge < -0.3 is 14.8 Å². The van der Waals surface area contributed by atoms with E-state index in [1.165, 1.54) is 18.2 Å². The Kier molecular flexibility index (Phi) is 6.52. The van der Waals surface area contributed by atoms with Gasteiger partial charge in [0.25, 0.3) is 5.60 Å². The highest BCUT2D eigenvalue weighted by molar-refractivity contribution is 6.34. The molecule has 0 saturated carbocycles. The molecule has 5 nitrogen and oxygen atoms in total. The summed E-state index contributed by atoms with van der Waals surface area (Å²) in [6, 6.07) is 6.85. The number of benzene rings is 2. The zero-order valence-corrected chi connectivity index (χ0v) is 17.1.